The minimum Gasteiger partial charge on any atom is -0.350 e. The first-order valence-corrected chi connectivity index (χ1v) is 16.0. The predicted octanol–water partition coefficient (Wildman–Crippen LogP) is 3.20. The first kappa shape index (κ1) is 28.1. The predicted molar refractivity (Wildman–Crippen MR) is 157 cm³/mol. The number of dihydropyridines is 1. The highest BCUT2D eigenvalue weighted by atomic mass is 32.2. The fourth-order valence-electron chi connectivity index (χ4n) is 5.81. The van der Waals surface area contributed by atoms with Gasteiger partial charge in [0.2, 0.25) is 5.91 Å². The highest BCUT2D eigenvalue weighted by Crippen LogP contribution is 2.46. The molecular weight excluding hydrogens is 554 g/mol. The lowest BCUT2D eigenvalue weighted by molar-refractivity contribution is -0.119. The average Bonchev–Trinajstić information content (AvgIpc) is 3.63. The van der Waals surface area contributed by atoms with Crippen LogP contribution < -0.4 is 10.6 Å². The number of carbonyl (C=O) groups excluding carboxylic acids is 1. The van der Waals surface area contributed by atoms with Gasteiger partial charge < -0.3 is 15.5 Å². The van der Waals surface area contributed by atoms with Crippen LogP contribution in [0, 0.1) is 22.7 Å². The molecular formula is C29H35N9O3S. The van der Waals surface area contributed by atoms with Crippen LogP contribution in [0.2, 0.25) is 0 Å². The summed E-state index contributed by atoms with van der Waals surface area (Å²) >= 11 is 0. The number of carbonyl (C=O) groups is 1. The SMILES string of the molecule is CC(C)N1C=C(C(=O)NC2CCC(C#N)CC2)C2(C)CN=C(Nc3ccnc(-c4cnn(S(=O)(=O)C5CC5)c4)n3)C=C12. The molecule has 13 heteroatoms. The van der Waals surface area contributed by atoms with E-state index in [1.807, 2.05) is 12.3 Å². The zero-order valence-electron chi connectivity index (χ0n) is 24.0. The quantitative estimate of drug-likeness (QED) is 0.495. The third-order valence-corrected chi connectivity index (χ3v) is 10.6. The van der Waals surface area contributed by atoms with Crippen LogP contribution in [0.1, 0.15) is 59.3 Å². The van der Waals surface area contributed by atoms with Gasteiger partial charge in [0.05, 0.1) is 41.2 Å². The van der Waals surface area contributed by atoms with Crippen LogP contribution >= 0.6 is 0 Å². The van der Waals surface area contributed by atoms with E-state index in [1.165, 1.54) is 12.4 Å². The van der Waals surface area contributed by atoms with Gasteiger partial charge in [0.15, 0.2) is 5.82 Å². The van der Waals surface area contributed by atoms with E-state index in [0.29, 0.717) is 48.0 Å². The number of hydrogen-bond acceptors (Lipinski definition) is 10. The molecule has 2 saturated carbocycles. The van der Waals surface area contributed by atoms with Crippen molar-refractivity contribution in [1.29, 1.82) is 5.26 Å². The Bertz CT molecular complexity index is 1640. The summed E-state index contributed by atoms with van der Waals surface area (Å²) in [4.78, 5) is 29.3. The lowest BCUT2D eigenvalue weighted by Crippen LogP contribution is -2.42. The zero-order chi connectivity index (χ0) is 29.6. The van der Waals surface area contributed by atoms with Gasteiger partial charge in [-0.05, 0) is 65.4 Å². The lowest BCUT2D eigenvalue weighted by Gasteiger charge is -2.35. The van der Waals surface area contributed by atoms with E-state index in [-0.39, 0.29) is 29.2 Å². The number of aliphatic imine (C=N–C) groups is 1. The van der Waals surface area contributed by atoms with Crippen molar-refractivity contribution in [3.63, 3.8) is 0 Å². The number of amides is 1. The fourth-order valence-corrected chi connectivity index (χ4v) is 7.29. The molecule has 0 bridgehead atoms. The number of nitrogens with one attached hydrogen (secondary N) is 2. The normalized spacial score (nSPS) is 25.7. The summed E-state index contributed by atoms with van der Waals surface area (Å²) in [5, 5.41) is 19.4. The van der Waals surface area contributed by atoms with Crippen molar-refractivity contribution in [2.45, 2.75) is 76.6 Å². The highest BCUT2D eigenvalue weighted by Gasteiger charge is 2.47. The summed E-state index contributed by atoms with van der Waals surface area (Å²) in [7, 11) is -3.48. The zero-order valence-corrected chi connectivity index (χ0v) is 24.8. The van der Waals surface area contributed by atoms with Crippen molar-refractivity contribution in [3.05, 3.63) is 48.2 Å². The summed E-state index contributed by atoms with van der Waals surface area (Å²) in [5.41, 5.74) is 1.59. The van der Waals surface area contributed by atoms with Crippen molar-refractivity contribution in [2.24, 2.45) is 16.3 Å². The van der Waals surface area contributed by atoms with Crippen molar-refractivity contribution < 1.29 is 13.2 Å². The Labute approximate surface area is 245 Å². The van der Waals surface area contributed by atoms with E-state index in [4.69, 9.17) is 4.99 Å². The van der Waals surface area contributed by atoms with E-state index in [1.54, 1.807) is 12.3 Å². The summed E-state index contributed by atoms with van der Waals surface area (Å²) < 4.78 is 26.1. The lowest BCUT2D eigenvalue weighted by atomic mass is 9.79. The minimum absolute atomic E-state index is 0.0735. The highest BCUT2D eigenvalue weighted by molar-refractivity contribution is 7.90. The molecule has 12 nitrogen and oxygen atoms in total. The van der Waals surface area contributed by atoms with Crippen LogP contribution in [0.4, 0.5) is 5.82 Å². The van der Waals surface area contributed by atoms with Crippen molar-refractivity contribution in [2.75, 3.05) is 11.9 Å². The maximum Gasteiger partial charge on any atom is 0.256 e. The Kier molecular flexibility index (Phi) is 7.12. The summed E-state index contributed by atoms with van der Waals surface area (Å²) in [6.45, 7) is 6.60. The average molecular weight is 590 g/mol. The molecule has 220 valence electrons. The van der Waals surface area contributed by atoms with Gasteiger partial charge in [-0.3, -0.25) is 9.79 Å². The monoisotopic (exact) mass is 589 g/mol. The Morgan fingerprint density at radius 2 is 1.95 bits per heavy atom. The number of anilines is 1. The van der Waals surface area contributed by atoms with Crippen LogP contribution in [-0.2, 0) is 14.8 Å². The van der Waals surface area contributed by atoms with Gasteiger partial charge in [-0.15, -0.1) is 0 Å². The second kappa shape index (κ2) is 10.7. The number of amidine groups is 1. The molecule has 2 aliphatic heterocycles. The van der Waals surface area contributed by atoms with Gasteiger partial charge in [0.1, 0.15) is 11.7 Å². The van der Waals surface area contributed by atoms with Crippen LogP contribution in [0.5, 0.6) is 0 Å². The standard InChI is InChI=1S/C29H35N9O3S/c1-18(2)37-16-23(28(39)34-21-6-4-19(13-30)5-7-21)29(3)17-32-26(12-24(29)37)35-25-10-11-31-27(36-25)20-14-33-38(15-20)42(40,41)22-8-9-22/h10-12,14-16,18-19,21-22H,4-9,17H2,1-3H3,(H,34,39)(H,31,32,35,36). The first-order valence-electron chi connectivity index (χ1n) is 14.5. The Hall–Kier alpha value is -4.05. The number of fused-ring (bicyclic) bond motifs is 1. The molecule has 2 aromatic rings. The number of rotatable bonds is 7. The first-order chi connectivity index (χ1) is 20.1. The van der Waals surface area contributed by atoms with E-state index in [2.05, 4.69) is 57.4 Å². The van der Waals surface area contributed by atoms with Gasteiger partial charge in [-0.2, -0.15) is 14.4 Å². The van der Waals surface area contributed by atoms with E-state index in [9.17, 15) is 18.5 Å². The third kappa shape index (κ3) is 5.19. The van der Waals surface area contributed by atoms with Crippen molar-refractivity contribution >= 4 is 27.6 Å². The van der Waals surface area contributed by atoms with Crippen LogP contribution in [0.15, 0.2) is 53.2 Å². The molecule has 4 aliphatic rings. The minimum atomic E-state index is -3.48. The number of hydrogen-bond donors (Lipinski definition) is 2. The Morgan fingerprint density at radius 3 is 2.64 bits per heavy atom. The number of nitrogens with zero attached hydrogens (tertiary/aromatic N) is 7. The maximum atomic E-state index is 13.5. The van der Waals surface area contributed by atoms with Crippen molar-refractivity contribution in [1.82, 2.24) is 29.4 Å². The number of aromatic nitrogens is 4. The third-order valence-electron chi connectivity index (χ3n) is 8.53. The smallest absolute Gasteiger partial charge is 0.256 e. The molecule has 6 rings (SSSR count). The van der Waals surface area contributed by atoms with Gasteiger partial charge >= 0.3 is 0 Å². The molecule has 2 aromatic heterocycles. The molecule has 1 unspecified atom stereocenters. The molecule has 0 saturated heterocycles. The summed E-state index contributed by atoms with van der Waals surface area (Å²) in [5.74, 6) is 1.46. The molecule has 0 aromatic carbocycles. The molecule has 2 aliphatic carbocycles. The van der Waals surface area contributed by atoms with E-state index in [0.717, 1.165) is 35.5 Å². The molecule has 2 N–H and O–H groups in total. The second-order valence-electron chi connectivity index (χ2n) is 12.0. The molecule has 0 spiro atoms. The van der Waals surface area contributed by atoms with Crippen LogP contribution in [-0.4, -0.2) is 68.1 Å². The Morgan fingerprint density at radius 1 is 1.19 bits per heavy atom. The maximum absolute atomic E-state index is 13.5. The summed E-state index contributed by atoms with van der Waals surface area (Å²) in [6.07, 6.45) is 13.0. The molecule has 1 amide bonds. The number of nitriles is 1. The van der Waals surface area contributed by atoms with Gasteiger partial charge in [0, 0.05) is 47.7 Å². The van der Waals surface area contributed by atoms with Gasteiger partial charge in [-0.1, -0.05) is 0 Å². The molecule has 2 fully saturated rings. The topological polar surface area (TPSA) is 158 Å². The van der Waals surface area contributed by atoms with Crippen LogP contribution in [0.3, 0.4) is 0 Å². The van der Waals surface area contributed by atoms with Gasteiger partial charge in [-0.25, -0.2) is 18.4 Å². The van der Waals surface area contributed by atoms with E-state index < -0.39 is 15.4 Å². The molecule has 0 radical (unpaired) electrons. The van der Waals surface area contributed by atoms with Gasteiger partial charge in [0.25, 0.3) is 10.0 Å². The summed E-state index contributed by atoms with van der Waals surface area (Å²) in [6, 6.07) is 4.26. The van der Waals surface area contributed by atoms with Crippen LogP contribution in [0.25, 0.3) is 11.4 Å². The largest absolute Gasteiger partial charge is 0.350 e. The fraction of sp³-hybridized carbons (Fsp3) is 0.517. The van der Waals surface area contributed by atoms with E-state index >= 15 is 0 Å². The Balaban J connectivity index is 1.18. The second-order valence-corrected chi connectivity index (χ2v) is 14.1. The van der Waals surface area contributed by atoms with Crippen molar-refractivity contribution in [3.8, 4) is 17.5 Å². The molecule has 4 heterocycles. The molecule has 42 heavy (non-hydrogen) atoms. The molecule has 1 atom stereocenters.